The molecule has 4 aromatic rings. The molecule has 0 heterocycles. The Balaban J connectivity index is 1.85. The number of hydrogen-bond donors (Lipinski definition) is 0. The van der Waals surface area contributed by atoms with Crippen LogP contribution in [0.5, 0.6) is 0 Å². The van der Waals surface area contributed by atoms with Crippen molar-refractivity contribution in [1.82, 2.24) is 0 Å². The minimum atomic E-state index is -0.133. The van der Waals surface area contributed by atoms with Gasteiger partial charge in [0, 0.05) is 8.99 Å². The third-order valence-electron chi connectivity index (χ3n) is 5.84. The van der Waals surface area contributed by atoms with Crippen LogP contribution in [0.15, 0.2) is 97.1 Å². The Morgan fingerprint density at radius 1 is 0.593 bits per heavy atom. The van der Waals surface area contributed by atoms with Crippen LogP contribution in [0.1, 0.15) is 23.6 Å². The van der Waals surface area contributed by atoms with Crippen LogP contribution in [0, 0.1) is 3.57 Å². The van der Waals surface area contributed by atoms with Crippen molar-refractivity contribution in [3.8, 4) is 22.3 Å². The third-order valence-corrected chi connectivity index (χ3v) is 6.56. The van der Waals surface area contributed by atoms with Gasteiger partial charge in [-0.15, -0.1) is 0 Å². The summed E-state index contributed by atoms with van der Waals surface area (Å²) < 4.78 is 1.26. The standard InChI is InChI=1S/C26H19I/c1-26(19-8-3-2-4-9-19)23-12-6-5-10-22(23)25-21(11-7-13-24(25)26)18-14-16-20(27)17-15-18/h2-17H,1H3. The van der Waals surface area contributed by atoms with Crippen LogP contribution in [0.4, 0.5) is 0 Å². The molecule has 0 radical (unpaired) electrons. The molecule has 1 atom stereocenters. The van der Waals surface area contributed by atoms with E-state index in [0.717, 1.165) is 0 Å². The van der Waals surface area contributed by atoms with Crippen LogP contribution in [-0.4, -0.2) is 0 Å². The molecule has 4 aromatic carbocycles. The quantitative estimate of drug-likeness (QED) is 0.277. The van der Waals surface area contributed by atoms with E-state index in [1.807, 2.05) is 0 Å². The molecule has 27 heavy (non-hydrogen) atoms. The van der Waals surface area contributed by atoms with E-state index in [1.54, 1.807) is 0 Å². The summed E-state index contributed by atoms with van der Waals surface area (Å²) in [6.07, 6.45) is 0. The summed E-state index contributed by atoms with van der Waals surface area (Å²) in [7, 11) is 0. The Labute approximate surface area is 174 Å². The second-order valence-corrected chi connectivity index (χ2v) is 8.52. The van der Waals surface area contributed by atoms with Crippen molar-refractivity contribution in [2.45, 2.75) is 12.3 Å². The minimum absolute atomic E-state index is 0.133. The fourth-order valence-electron chi connectivity index (χ4n) is 4.49. The average molecular weight is 458 g/mol. The van der Waals surface area contributed by atoms with Crippen LogP contribution in [0.3, 0.4) is 0 Å². The number of benzene rings is 4. The zero-order valence-electron chi connectivity index (χ0n) is 15.1. The molecule has 0 saturated carbocycles. The Morgan fingerprint density at radius 3 is 2.00 bits per heavy atom. The zero-order valence-corrected chi connectivity index (χ0v) is 17.3. The molecule has 0 aliphatic heterocycles. The second kappa shape index (κ2) is 6.35. The first kappa shape index (κ1) is 16.8. The first-order valence-corrected chi connectivity index (χ1v) is 10.3. The maximum atomic E-state index is 2.37. The summed E-state index contributed by atoms with van der Waals surface area (Å²) in [6.45, 7) is 2.37. The highest BCUT2D eigenvalue weighted by atomic mass is 127. The predicted octanol–water partition coefficient (Wildman–Crippen LogP) is 7.29. The highest BCUT2D eigenvalue weighted by Gasteiger charge is 2.41. The van der Waals surface area contributed by atoms with Gasteiger partial charge >= 0.3 is 0 Å². The highest BCUT2D eigenvalue weighted by Crippen LogP contribution is 2.54. The summed E-state index contributed by atoms with van der Waals surface area (Å²) >= 11 is 2.37. The van der Waals surface area contributed by atoms with E-state index in [0.29, 0.717) is 0 Å². The molecule has 0 amide bonds. The zero-order chi connectivity index (χ0) is 18.4. The number of fused-ring (bicyclic) bond motifs is 3. The molecule has 130 valence electrons. The van der Waals surface area contributed by atoms with Crippen molar-refractivity contribution in [2.75, 3.05) is 0 Å². The minimum Gasteiger partial charge on any atom is -0.0622 e. The summed E-state index contributed by atoms with van der Waals surface area (Å²) in [4.78, 5) is 0. The Morgan fingerprint density at radius 2 is 1.22 bits per heavy atom. The van der Waals surface area contributed by atoms with E-state index < -0.39 is 0 Å². The van der Waals surface area contributed by atoms with E-state index in [4.69, 9.17) is 0 Å². The largest absolute Gasteiger partial charge is 0.0622 e. The first-order chi connectivity index (χ1) is 13.2. The van der Waals surface area contributed by atoms with Crippen molar-refractivity contribution in [2.24, 2.45) is 0 Å². The lowest BCUT2D eigenvalue weighted by Gasteiger charge is -2.28. The fraction of sp³-hybridized carbons (Fsp3) is 0.0769. The molecule has 0 nitrogen and oxygen atoms in total. The highest BCUT2D eigenvalue weighted by molar-refractivity contribution is 14.1. The fourth-order valence-corrected chi connectivity index (χ4v) is 4.85. The molecule has 0 bridgehead atoms. The lowest BCUT2D eigenvalue weighted by molar-refractivity contribution is 0.714. The molecule has 1 aliphatic carbocycles. The van der Waals surface area contributed by atoms with E-state index in [-0.39, 0.29) is 5.41 Å². The molecule has 0 N–H and O–H groups in total. The summed E-state index contributed by atoms with van der Waals surface area (Å²) in [5.41, 5.74) is 9.32. The third kappa shape index (κ3) is 2.49. The van der Waals surface area contributed by atoms with Gasteiger partial charge in [-0.1, -0.05) is 84.9 Å². The van der Waals surface area contributed by atoms with Gasteiger partial charge in [0.2, 0.25) is 0 Å². The average Bonchev–Trinajstić information content (AvgIpc) is 3.00. The van der Waals surface area contributed by atoms with Crippen molar-refractivity contribution in [1.29, 1.82) is 0 Å². The van der Waals surface area contributed by atoms with Crippen LogP contribution < -0.4 is 0 Å². The molecule has 0 fully saturated rings. The molecule has 0 saturated heterocycles. The van der Waals surface area contributed by atoms with Gasteiger partial charge in [-0.2, -0.15) is 0 Å². The summed E-state index contributed by atoms with van der Waals surface area (Å²) in [5, 5.41) is 0. The Bertz CT molecular complexity index is 1130. The van der Waals surface area contributed by atoms with Gasteiger partial charge in [-0.3, -0.25) is 0 Å². The second-order valence-electron chi connectivity index (χ2n) is 7.27. The maximum Gasteiger partial charge on any atom is 0.0435 e. The molecule has 1 aliphatic rings. The lowest BCUT2D eigenvalue weighted by atomic mass is 9.74. The normalized spacial score (nSPS) is 17.4. The van der Waals surface area contributed by atoms with Gasteiger partial charge in [0.25, 0.3) is 0 Å². The van der Waals surface area contributed by atoms with Gasteiger partial charge < -0.3 is 0 Å². The Hall–Kier alpha value is -2.39. The van der Waals surface area contributed by atoms with Gasteiger partial charge in [0.05, 0.1) is 0 Å². The van der Waals surface area contributed by atoms with Crippen LogP contribution in [0.2, 0.25) is 0 Å². The number of halogens is 1. The van der Waals surface area contributed by atoms with E-state index in [2.05, 4.69) is 127 Å². The topological polar surface area (TPSA) is 0 Å². The van der Waals surface area contributed by atoms with E-state index >= 15 is 0 Å². The molecule has 5 rings (SSSR count). The lowest BCUT2D eigenvalue weighted by Crippen LogP contribution is -2.22. The first-order valence-electron chi connectivity index (χ1n) is 9.24. The van der Waals surface area contributed by atoms with Gasteiger partial charge in [0.15, 0.2) is 0 Å². The number of rotatable bonds is 2. The molecule has 0 spiro atoms. The smallest absolute Gasteiger partial charge is 0.0435 e. The van der Waals surface area contributed by atoms with Crippen LogP contribution in [0.25, 0.3) is 22.3 Å². The van der Waals surface area contributed by atoms with Crippen molar-refractivity contribution in [3.05, 3.63) is 117 Å². The SMILES string of the molecule is CC1(c2ccccc2)c2ccccc2-c2c(-c3ccc(I)cc3)cccc21. The van der Waals surface area contributed by atoms with E-state index in [1.165, 1.54) is 42.5 Å². The molecule has 0 aromatic heterocycles. The number of hydrogen-bond acceptors (Lipinski definition) is 0. The Kier molecular flexibility index (Phi) is 3.94. The van der Waals surface area contributed by atoms with E-state index in [9.17, 15) is 0 Å². The summed E-state index contributed by atoms with van der Waals surface area (Å²) in [5.74, 6) is 0. The summed E-state index contributed by atoms with van der Waals surface area (Å²) in [6, 6.07) is 35.4. The van der Waals surface area contributed by atoms with Crippen molar-refractivity contribution in [3.63, 3.8) is 0 Å². The van der Waals surface area contributed by atoms with Crippen LogP contribution >= 0.6 is 22.6 Å². The maximum absolute atomic E-state index is 2.37. The molecule has 1 heteroatoms. The molecule has 1 unspecified atom stereocenters. The van der Waals surface area contributed by atoms with Crippen molar-refractivity contribution >= 4 is 22.6 Å². The molecular weight excluding hydrogens is 439 g/mol. The van der Waals surface area contributed by atoms with Gasteiger partial charge in [0.1, 0.15) is 0 Å². The molecular formula is C26H19I. The monoisotopic (exact) mass is 458 g/mol. The van der Waals surface area contributed by atoms with Gasteiger partial charge in [-0.05, 0) is 80.6 Å². The van der Waals surface area contributed by atoms with Gasteiger partial charge in [-0.25, -0.2) is 0 Å². The predicted molar refractivity (Wildman–Crippen MR) is 122 cm³/mol. The van der Waals surface area contributed by atoms with Crippen molar-refractivity contribution < 1.29 is 0 Å². The van der Waals surface area contributed by atoms with Crippen LogP contribution in [-0.2, 0) is 5.41 Å².